The van der Waals surface area contributed by atoms with Crippen molar-refractivity contribution in [1.29, 1.82) is 0 Å². The van der Waals surface area contributed by atoms with Gasteiger partial charge in [-0.3, -0.25) is 14.4 Å². The first kappa shape index (κ1) is 19.1. The summed E-state index contributed by atoms with van der Waals surface area (Å²) >= 11 is 0. The maximum atomic E-state index is 12.4. The lowest BCUT2D eigenvalue weighted by Gasteiger charge is -2.09. The van der Waals surface area contributed by atoms with E-state index < -0.39 is 5.91 Å². The summed E-state index contributed by atoms with van der Waals surface area (Å²) in [6.07, 6.45) is 1.72. The number of benzene rings is 2. The van der Waals surface area contributed by atoms with Crippen LogP contribution >= 0.6 is 0 Å². The van der Waals surface area contributed by atoms with Crippen LogP contribution in [-0.4, -0.2) is 31.6 Å². The molecule has 0 aliphatic rings. The van der Waals surface area contributed by atoms with E-state index in [-0.39, 0.29) is 29.9 Å². The summed E-state index contributed by atoms with van der Waals surface area (Å²) in [5.41, 5.74) is 6.77. The number of hydrogen-bond donors (Lipinski definition) is 3. The number of amides is 2. The number of carbonyl (C=O) groups is 2. The molecule has 4 rings (SSSR count). The van der Waals surface area contributed by atoms with Gasteiger partial charge in [-0.15, -0.1) is 0 Å². The number of hydrogen-bond acceptors (Lipinski definition) is 5. The zero-order valence-electron chi connectivity index (χ0n) is 15.8. The second-order valence-electron chi connectivity index (χ2n) is 6.60. The number of aromatic nitrogens is 4. The van der Waals surface area contributed by atoms with Gasteiger partial charge in [0.05, 0.1) is 23.1 Å². The molecule has 0 fully saturated rings. The van der Waals surface area contributed by atoms with Gasteiger partial charge in [-0.25, -0.2) is 9.67 Å². The molecule has 4 aromatic rings. The van der Waals surface area contributed by atoms with E-state index in [9.17, 15) is 14.4 Å². The standard InChI is InChI=1S/C21H18N6O3/c22-19(29)14-8-4-5-9-16(14)24-18(28)11-10-17-25-20-15(21(30)26-17)12-23-27(20)13-6-2-1-3-7-13/h1-9,12H,10-11H2,(H2,22,29)(H,24,28)(H,25,26,30). The molecule has 0 aliphatic carbocycles. The predicted molar refractivity (Wildman–Crippen MR) is 111 cm³/mol. The van der Waals surface area contributed by atoms with Gasteiger partial charge in [-0.1, -0.05) is 30.3 Å². The number of aryl methyl sites for hydroxylation is 1. The number of fused-ring (bicyclic) bond motifs is 1. The van der Waals surface area contributed by atoms with E-state index >= 15 is 0 Å². The van der Waals surface area contributed by atoms with Crippen LogP contribution in [0.2, 0.25) is 0 Å². The van der Waals surface area contributed by atoms with Gasteiger partial charge < -0.3 is 16.0 Å². The zero-order chi connectivity index (χ0) is 21.1. The first-order valence-electron chi connectivity index (χ1n) is 9.24. The Morgan fingerprint density at radius 3 is 2.57 bits per heavy atom. The number of para-hydroxylation sites is 2. The Morgan fingerprint density at radius 1 is 1.07 bits per heavy atom. The van der Waals surface area contributed by atoms with Crippen LogP contribution in [0.1, 0.15) is 22.6 Å². The third kappa shape index (κ3) is 3.81. The van der Waals surface area contributed by atoms with Crippen LogP contribution in [-0.2, 0) is 11.2 Å². The molecule has 4 N–H and O–H groups in total. The lowest BCUT2D eigenvalue weighted by molar-refractivity contribution is -0.116. The third-order valence-corrected chi connectivity index (χ3v) is 4.54. The van der Waals surface area contributed by atoms with Crippen molar-refractivity contribution in [1.82, 2.24) is 19.7 Å². The molecule has 0 aliphatic heterocycles. The number of nitrogens with zero attached hydrogens (tertiary/aromatic N) is 3. The molecule has 9 nitrogen and oxygen atoms in total. The predicted octanol–water partition coefficient (Wildman–Crippen LogP) is 1.78. The minimum atomic E-state index is -0.628. The summed E-state index contributed by atoms with van der Waals surface area (Å²) in [6.45, 7) is 0. The maximum absolute atomic E-state index is 12.4. The third-order valence-electron chi connectivity index (χ3n) is 4.54. The van der Waals surface area contributed by atoms with E-state index in [1.54, 1.807) is 22.9 Å². The minimum Gasteiger partial charge on any atom is -0.366 e. The summed E-state index contributed by atoms with van der Waals surface area (Å²) in [5.74, 6) is -0.594. The van der Waals surface area contributed by atoms with Gasteiger partial charge in [-0.2, -0.15) is 5.10 Å². The Labute approximate surface area is 170 Å². The second-order valence-corrected chi connectivity index (χ2v) is 6.60. The highest BCUT2D eigenvalue weighted by atomic mass is 16.2. The van der Waals surface area contributed by atoms with Crippen molar-refractivity contribution in [3.05, 3.63) is 82.5 Å². The number of aromatic amines is 1. The Balaban J connectivity index is 1.54. The summed E-state index contributed by atoms with van der Waals surface area (Å²) in [7, 11) is 0. The van der Waals surface area contributed by atoms with E-state index in [1.165, 1.54) is 12.3 Å². The number of nitrogens with two attached hydrogens (primary N) is 1. The van der Waals surface area contributed by atoms with Crippen LogP contribution in [0.15, 0.2) is 65.6 Å². The Morgan fingerprint density at radius 2 is 1.80 bits per heavy atom. The molecule has 0 bridgehead atoms. The lowest BCUT2D eigenvalue weighted by Crippen LogP contribution is -2.19. The highest BCUT2D eigenvalue weighted by Gasteiger charge is 2.14. The number of nitrogens with one attached hydrogen (secondary N) is 2. The highest BCUT2D eigenvalue weighted by Crippen LogP contribution is 2.16. The first-order chi connectivity index (χ1) is 14.5. The van der Waals surface area contributed by atoms with Crippen molar-refractivity contribution in [3.8, 4) is 5.69 Å². The van der Waals surface area contributed by atoms with Crippen molar-refractivity contribution in [2.24, 2.45) is 5.73 Å². The lowest BCUT2D eigenvalue weighted by atomic mass is 10.1. The summed E-state index contributed by atoms with van der Waals surface area (Å²) in [6, 6.07) is 15.8. The van der Waals surface area contributed by atoms with Crippen LogP contribution in [0.3, 0.4) is 0 Å². The van der Waals surface area contributed by atoms with Gasteiger partial charge in [0.1, 0.15) is 11.2 Å². The average Bonchev–Trinajstić information content (AvgIpc) is 3.18. The number of carbonyl (C=O) groups excluding carboxylic acids is 2. The minimum absolute atomic E-state index is 0.0566. The van der Waals surface area contributed by atoms with Gasteiger partial charge >= 0.3 is 0 Å². The summed E-state index contributed by atoms with van der Waals surface area (Å²) in [5, 5.41) is 7.29. The average molecular weight is 402 g/mol. The maximum Gasteiger partial charge on any atom is 0.262 e. The van der Waals surface area contributed by atoms with Gasteiger partial charge in [0.2, 0.25) is 5.91 Å². The van der Waals surface area contributed by atoms with Crippen molar-refractivity contribution in [2.45, 2.75) is 12.8 Å². The fourth-order valence-corrected chi connectivity index (χ4v) is 3.09. The van der Waals surface area contributed by atoms with Gasteiger partial charge in [0.15, 0.2) is 5.65 Å². The molecular formula is C21H18N6O3. The molecule has 2 aromatic heterocycles. The van der Waals surface area contributed by atoms with Gasteiger partial charge in [0.25, 0.3) is 11.5 Å². The number of primary amides is 1. The molecule has 30 heavy (non-hydrogen) atoms. The number of anilines is 1. The van der Waals surface area contributed by atoms with Crippen LogP contribution in [0.4, 0.5) is 5.69 Å². The SMILES string of the molecule is NC(=O)c1ccccc1NC(=O)CCc1nc2c(cnn2-c2ccccc2)c(=O)[nH]1. The molecular weight excluding hydrogens is 384 g/mol. The molecule has 2 amide bonds. The summed E-state index contributed by atoms with van der Waals surface area (Å²) in [4.78, 5) is 43.4. The Hall–Kier alpha value is -4.27. The van der Waals surface area contributed by atoms with Gasteiger partial charge in [-0.05, 0) is 24.3 Å². The molecule has 150 valence electrons. The zero-order valence-corrected chi connectivity index (χ0v) is 15.8. The van der Waals surface area contributed by atoms with Crippen LogP contribution in [0, 0.1) is 0 Å². The van der Waals surface area contributed by atoms with Crippen LogP contribution in [0.25, 0.3) is 16.7 Å². The molecule has 0 atom stereocenters. The highest BCUT2D eigenvalue weighted by molar-refractivity contribution is 6.03. The molecule has 0 unspecified atom stereocenters. The number of H-pyrrole nitrogens is 1. The van der Waals surface area contributed by atoms with Crippen LogP contribution < -0.4 is 16.6 Å². The van der Waals surface area contributed by atoms with Crippen molar-refractivity contribution in [3.63, 3.8) is 0 Å². The van der Waals surface area contributed by atoms with E-state index in [2.05, 4.69) is 20.4 Å². The molecule has 2 heterocycles. The number of rotatable bonds is 6. The van der Waals surface area contributed by atoms with Gasteiger partial charge in [0, 0.05) is 12.8 Å². The van der Waals surface area contributed by atoms with E-state index in [0.29, 0.717) is 22.5 Å². The second kappa shape index (κ2) is 8.00. The summed E-state index contributed by atoms with van der Waals surface area (Å²) < 4.78 is 1.58. The largest absolute Gasteiger partial charge is 0.366 e. The van der Waals surface area contributed by atoms with E-state index in [4.69, 9.17) is 5.73 Å². The van der Waals surface area contributed by atoms with E-state index in [0.717, 1.165) is 5.69 Å². The Kier molecular flexibility index (Phi) is 5.08. The fourth-order valence-electron chi connectivity index (χ4n) is 3.09. The Bertz CT molecular complexity index is 1290. The first-order valence-corrected chi connectivity index (χ1v) is 9.24. The monoisotopic (exact) mass is 402 g/mol. The molecule has 2 aromatic carbocycles. The molecule has 0 spiro atoms. The normalized spacial score (nSPS) is 10.8. The quantitative estimate of drug-likeness (QED) is 0.452. The molecule has 0 radical (unpaired) electrons. The van der Waals surface area contributed by atoms with Crippen molar-refractivity contribution >= 4 is 28.5 Å². The molecule has 9 heteroatoms. The van der Waals surface area contributed by atoms with Crippen LogP contribution in [0.5, 0.6) is 0 Å². The van der Waals surface area contributed by atoms with Crippen molar-refractivity contribution in [2.75, 3.05) is 5.32 Å². The van der Waals surface area contributed by atoms with E-state index in [1.807, 2.05) is 30.3 Å². The smallest absolute Gasteiger partial charge is 0.262 e. The molecule has 0 saturated heterocycles. The van der Waals surface area contributed by atoms with Crippen molar-refractivity contribution < 1.29 is 9.59 Å². The topological polar surface area (TPSA) is 136 Å². The fraction of sp³-hybridized carbons (Fsp3) is 0.0952. The molecule has 0 saturated carbocycles.